The summed E-state index contributed by atoms with van der Waals surface area (Å²) in [6.45, 7) is -0.0402. The van der Waals surface area contributed by atoms with Crippen LogP contribution in [-0.4, -0.2) is 29.1 Å². The smallest absolute Gasteiger partial charge is 0.343 e. The van der Waals surface area contributed by atoms with Crippen LogP contribution in [-0.2, 0) is 11.3 Å². The summed E-state index contributed by atoms with van der Waals surface area (Å²) in [5.74, 6) is -0.279. The molecule has 3 aromatic rings. The van der Waals surface area contributed by atoms with Gasteiger partial charge in [0.1, 0.15) is 11.5 Å². The van der Waals surface area contributed by atoms with Crippen molar-refractivity contribution in [3.8, 4) is 11.5 Å². The topological polar surface area (TPSA) is 72.9 Å². The van der Waals surface area contributed by atoms with E-state index in [1.54, 1.807) is 54.6 Å². The normalized spacial score (nSPS) is 14.5. The molecule has 0 atom stereocenters. The second kappa shape index (κ2) is 10.7. The third-order valence-electron chi connectivity index (χ3n) is 5.03. The lowest BCUT2D eigenvalue weighted by molar-refractivity contribution is -0.123. The summed E-state index contributed by atoms with van der Waals surface area (Å²) in [5.41, 5.74) is 1.38. The summed E-state index contributed by atoms with van der Waals surface area (Å²) in [6.07, 6.45) is 1.54. The number of halogens is 3. The predicted molar refractivity (Wildman–Crippen MR) is 137 cm³/mol. The second-order valence-corrected chi connectivity index (χ2v) is 9.49. The number of amides is 2. The Morgan fingerprint density at radius 2 is 1.66 bits per heavy atom. The van der Waals surface area contributed by atoms with Crippen LogP contribution in [0.2, 0.25) is 15.1 Å². The highest BCUT2D eigenvalue weighted by molar-refractivity contribution is 8.18. The largest absolute Gasteiger partial charge is 0.497 e. The van der Waals surface area contributed by atoms with Gasteiger partial charge in [-0.1, -0.05) is 46.9 Å². The molecule has 0 aliphatic carbocycles. The molecule has 0 N–H and O–H groups in total. The predicted octanol–water partition coefficient (Wildman–Crippen LogP) is 7.11. The summed E-state index contributed by atoms with van der Waals surface area (Å²) >= 11 is 19.5. The SMILES string of the molecule is COc1ccc(C(=O)Oc2ccc(/C=C3\SC(=O)N(Cc4c(Cl)cccc4Cl)C3=O)cc2Cl)cc1. The van der Waals surface area contributed by atoms with Crippen molar-refractivity contribution in [2.24, 2.45) is 0 Å². The number of ether oxygens (including phenoxy) is 2. The zero-order chi connectivity index (χ0) is 25.1. The molecule has 0 saturated carbocycles. The molecule has 6 nitrogen and oxygen atoms in total. The first-order valence-electron chi connectivity index (χ1n) is 10.1. The lowest BCUT2D eigenvalue weighted by Crippen LogP contribution is -2.27. The van der Waals surface area contributed by atoms with E-state index < -0.39 is 17.1 Å². The summed E-state index contributed by atoms with van der Waals surface area (Å²) in [7, 11) is 1.53. The van der Waals surface area contributed by atoms with Gasteiger partial charge in [0.2, 0.25) is 0 Å². The van der Waals surface area contributed by atoms with Crippen molar-refractivity contribution in [3.63, 3.8) is 0 Å². The highest BCUT2D eigenvalue weighted by atomic mass is 35.5. The summed E-state index contributed by atoms with van der Waals surface area (Å²) in [5, 5.41) is 0.468. The van der Waals surface area contributed by atoms with Crippen molar-refractivity contribution in [2.45, 2.75) is 6.54 Å². The van der Waals surface area contributed by atoms with Gasteiger partial charge >= 0.3 is 5.97 Å². The average molecular weight is 549 g/mol. The molecule has 0 bridgehead atoms. The minimum absolute atomic E-state index is 0.0402. The fraction of sp³-hybridized carbons (Fsp3) is 0.0800. The molecule has 1 saturated heterocycles. The molecule has 4 rings (SSSR count). The van der Waals surface area contributed by atoms with Crippen molar-refractivity contribution >= 4 is 69.8 Å². The number of thioether (sulfide) groups is 1. The van der Waals surface area contributed by atoms with E-state index in [1.807, 2.05) is 0 Å². The number of imide groups is 1. The molecule has 35 heavy (non-hydrogen) atoms. The van der Waals surface area contributed by atoms with Crippen molar-refractivity contribution in [3.05, 3.63) is 97.3 Å². The van der Waals surface area contributed by atoms with Crippen molar-refractivity contribution in [2.75, 3.05) is 7.11 Å². The molecule has 1 aliphatic heterocycles. The molecule has 1 aliphatic rings. The number of esters is 1. The number of carbonyl (C=O) groups excluding carboxylic acids is 3. The Morgan fingerprint density at radius 1 is 0.971 bits per heavy atom. The van der Waals surface area contributed by atoms with Crippen LogP contribution in [0.25, 0.3) is 6.08 Å². The summed E-state index contributed by atoms with van der Waals surface area (Å²) < 4.78 is 10.5. The maximum Gasteiger partial charge on any atom is 0.343 e. The molecule has 0 unspecified atom stereocenters. The molecular weight excluding hydrogens is 533 g/mol. The van der Waals surface area contributed by atoms with E-state index in [2.05, 4.69) is 0 Å². The molecule has 10 heteroatoms. The lowest BCUT2D eigenvalue weighted by atomic mass is 10.2. The Balaban J connectivity index is 1.48. The van der Waals surface area contributed by atoms with E-state index >= 15 is 0 Å². The third-order valence-corrected chi connectivity index (χ3v) is 6.94. The zero-order valence-electron chi connectivity index (χ0n) is 18.1. The quantitative estimate of drug-likeness (QED) is 0.186. The van der Waals surface area contributed by atoms with E-state index in [0.29, 0.717) is 32.5 Å². The fourth-order valence-corrected chi connectivity index (χ4v) is 4.79. The van der Waals surface area contributed by atoms with Crippen LogP contribution in [0, 0.1) is 0 Å². The molecule has 0 spiro atoms. The van der Waals surface area contributed by atoms with Gasteiger partial charge in [-0.15, -0.1) is 0 Å². The first kappa shape index (κ1) is 25.1. The molecule has 3 aromatic carbocycles. The van der Waals surface area contributed by atoms with Crippen LogP contribution in [0.5, 0.6) is 11.5 Å². The monoisotopic (exact) mass is 547 g/mol. The standard InChI is InChI=1S/C25H16Cl3NO5S/c1-33-16-8-6-15(7-9-16)24(31)34-21-10-5-14(11-20(21)28)12-22-23(30)29(25(32)35-22)13-17-18(26)3-2-4-19(17)27/h2-12H,13H2,1H3/b22-12-. The van der Waals surface area contributed by atoms with Gasteiger partial charge in [0.25, 0.3) is 11.1 Å². The van der Waals surface area contributed by atoms with Crippen LogP contribution >= 0.6 is 46.6 Å². The lowest BCUT2D eigenvalue weighted by Gasteiger charge is -2.14. The summed E-state index contributed by atoms with van der Waals surface area (Å²) in [4.78, 5) is 39.0. The van der Waals surface area contributed by atoms with Gasteiger partial charge in [0.15, 0.2) is 0 Å². The maximum absolute atomic E-state index is 12.9. The zero-order valence-corrected chi connectivity index (χ0v) is 21.2. The Morgan fingerprint density at radius 3 is 2.29 bits per heavy atom. The molecule has 0 radical (unpaired) electrons. The second-order valence-electron chi connectivity index (χ2n) is 7.28. The number of rotatable bonds is 6. The van der Waals surface area contributed by atoms with Crippen LogP contribution in [0.15, 0.2) is 65.6 Å². The van der Waals surface area contributed by atoms with Gasteiger partial charge in [-0.25, -0.2) is 4.79 Å². The van der Waals surface area contributed by atoms with E-state index in [-0.39, 0.29) is 22.2 Å². The van der Waals surface area contributed by atoms with Gasteiger partial charge in [-0.05, 0) is 71.9 Å². The third kappa shape index (κ3) is 5.65. The van der Waals surface area contributed by atoms with E-state index in [0.717, 1.165) is 16.7 Å². The van der Waals surface area contributed by atoms with Gasteiger partial charge in [-0.3, -0.25) is 14.5 Å². The fourth-order valence-electron chi connectivity index (χ4n) is 3.20. The molecule has 1 heterocycles. The van der Waals surface area contributed by atoms with Crippen LogP contribution in [0.1, 0.15) is 21.5 Å². The minimum atomic E-state index is -0.582. The van der Waals surface area contributed by atoms with Crippen molar-refractivity contribution < 1.29 is 23.9 Å². The molecule has 178 valence electrons. The van der Waals surface area contributed by atoms with Gasteiger partial charge in [0.05, 0.1) is 29.1 Å². The van der Waals surface area contributed by atoms with E-state index in [9.17, 15) is 14.4 Å². The highest BCUT2D eigenvalue weighted by Crippen LogP contribution is 2.36. The first-order chi connectivity index (χ1) is 16.8. The Hall–Kier alpha value is -2.97. The van der Waals surface area contributed by atoms with Crippen LogP contribution in [0.3, 0.4) is 0 Å². The van der Waals surface area contributed by atoms with Crippen LogP contribution < -0.4 is 9.47 Å². The minimum Gasteiger partial charge on any atom is -0.497 e. The van der Waals surface area contributed by atoms with Gasteiger partial charge in [0, 0.05) is 15.6 Å². The van der Waals surface area contributed by atoms with Crippen molar-refractivity contribution in [1.82, 2.24) is 4.90 Å². The van der Waals surface area contributed by atoms with E-state index in [4.69, 9.17) is 44.3 Å². The molecule has 0 aromatic heterocycles. The molecule has 2 amide bonds. The summed E-state index contributed by atoms with van der Waals surface area (Å²) in [6, 6.07) is 16.1. The van der Waals surface area contributed by atoms with Crippen LogP contribution in [0.4, 0.5) is 4.79 Å². The highest BCUT2D eigenvalue weighted by Gasteiger charge is 2.35. The number of methoxy groups -OCH3 is 1. The number of carbonyl (C=O) groups is 3. The molecular formula is C25H16Cl3NO5S. The first-order valence-corrected chi connectivity index (χ1v) is 12.1. The number of hydrogen-bond donors (Lipinski definition) is 0. The Labute approximate surface area is 220 Å². The molecule has 1 fully saturated rings. The Kier molecular flexibility index (Phi) is 7.72. The maximum atomic E-state index is 12.9. The number of benzene rings is 3. The van der Waals surface area contributed by atoms with Gasteiger partial charge < -0.3 is 9.47 Å². The average Bonchev–Trinajstić information content (AvgIpc) is 3.10. The van der Waals surface area contributed by atoms with Crippen molar-refractivity contribution in [1.29, 1.82) is 0 Å². The number of hydrogen-bond acceptors (Lipinski definition) is 6. The van der Waals surface area contributed by atoms with Gasteiger partial charge in [-0.2, -0.15) is 0 Å². The Bertz CT molecular complexity index is 1340. The number of nitrogens with zero attached hydrogens (tertiary/aromatic N) is 1. The van der Waals surface area contributed by atoms with E-state index in [1.165, 1.54) is 19.2 Å².